The summed E-state index contributed by atoms with van der Waals surface area (Å²) < 4.78 is 30.3. The van der Waals surface area contributed by atoms with Crippen molar-refractivity contribution in [2.24, 2.45) is 12.1 Å². The molecule has 0 unspecified atom stereocenters. The molecule has 0 aliphatic rings. The first-order valence-electron chi connectivity index (χ1n) is 6.69. The van der Waals surface area contributed by atoms with Gasteiger partial charge in [-0.25, -0.2) is 9.63 Å². The monoisotopic (exact) mass is 335 g/mol. The number of aryl methyl sites for hydroxylation is 2. The molecular weight excluding hydrogens is 318 g/mol. The highest BCUT2D eigenvalue weighted by molar-refractivity contribution is 7.89. The third-order valence-corrected chi connectivity index (χ3v) is 4.38. The van der Waals surface area contributed by atoms with Gasteiger partial charge in [0.05, 0.1) is 18.2 Å². The van der Waals surface area contributed by atoms with Gasteiger partial charge in [-0.15, -0.1) is 0 Å². The predicted molar refractivity (Wildman–Crippen MR) is 85.8 cm³/mol. The van der Waals surface area contributed by atoms with Gasteiger partial charge in [-0.1, -0.05) is 17.7 Å². The van der Waals surface area contributed by atoms with E-state index >= 15 is 0 Å². The van der Waals surface area contributed by atoms with Crippen molar-refractivity contribution in [2.45, 2.75) is 11.8 Å². The maximum absolute atomic E-state index is 12.1. The first kappa shape index (κ1) is 16.8. The third kappa shape index (κ3) is 3.98. The molecule has 1 N–H and O–H groups in total. The van der Waals surface area contributed by atoms with E-state index in [4.69, 9.17) is 0 Å². The molecule has 0 amide bonds. The van der Waals surface area contributed by atoms with Crippen LogP contribution in [0, 0.1) is 6.92 Å². The standard InChI is InChI=1S/C15H17N3O4S/c1-11-4-6-13(7-5-11)23(20,21)17-16-9-12-8-14(15(19)22-3)18(2)10-12/h4-10,17H,1-3H3. The molecule has 0 fully saturated rings. The zero-order chi connectivity index (χ0) is 17.0. The van der Waals surface area contributed by atoms with Crippen molar-refractivity contribution in [3.8, 4) is 0 Å². The van der Waals surface area contributed by atoms with Gasteiger partial charge in [-0.05, 0) is 25.1 Å². The molecule has 0 aliphatic heterocycles. The van der Waals surface area contributed by atoms with Gasteiger partial charge in [-0.2, -0.15) is 13.5 Å². The Morgan fingerprint density at radius 3 is 2.57 bits per heavy atom. The van der Waals surface area contributed by atoms with Crippen molar-refractivity contribution in [3.05, 3.63) is 53.3 Å². The lowest BCUT2D eigenvalue weighted by Gasteiger charge is -2.03. The molecule has 0 spiro atoms. The lowest BCUT2D eigenvalue weighted by molar-refractivity contribution is 0.0590. The minimum Gasteiger partial charge on any atom is -0.464 e. The summed E-state index contributed by atoms with van der Waals surface area (Å²) in [6, 6.07) is 7.97. The highest BCUT2D eigenvalue weighted by atomic mass is 32.2. The number of benzene rings is 1. The van der Waals surface area contributed by atoms with Gasteiger partial charge in [0.25, 0.3) is 10.0 Å². The van der Waals surface area contributed by atoms with Crippen LogP contribution >= 0.6 is 0 Å². The fraction of sp³-hybridized carbons (Fsp3) is 0.200. The zero-order valence-electron chi connectivity index (χ0n) is 13.0. The summed E-state index contributed by atoms with van der Waals surface area (Å²) in [4.78, 5) is 13.8. The Morgan fingerprint density at radius 2 is 1.96 bits per heavy atom. The van der Waals surface area contributed by atoms with E-state index in [9.17, 15) is 13.2 Å². The second kappa shape index (κ2) is 6.66. The average Bonchev–Trinajstić information content (AvgIpc) is 2.87. The van der Waals surface area contributed by atoms with E-state index in [0.717, 1.165) is 5.56 Å². The Morgan fingerprint density at radius 1 is 1.30 bits per heavy atom. The van der Waals surface area contributed by atoms with Gasteiger partial charge in [0.2, 0.25) is 0 Å². The Hall–Kier alpha value is -2.61. The Bertz CT molecular complexity index is 836. The van der Waals surface area contributed by atoms with Crippen LogP contribution in [-0.4, -0.2) is 32.3 Å². The lowest BCUT2D eigenvalue weighted by Crippen LogP contribution is -2.18. The second-order valence-electron chi connectivity index (χ2n) is 4.93. The molecular formula is C15H17N3O4S. The number of hydrogen-bond donors (Lipinski definition) is 1. The third-order valence-electron chi connectivity index (χ3n) is 3.14. The summed E-state index contributed by atoms with van der Waals surface area (Å²) in [5.74, 6) is -0.479. The van der Waals surface area contributed by atoms with Crippen LogP contribution in [0.15, 0.2) is 46.5 Å². The maximum atomic E-state index is 12.1. The SMILES string of the molecule is COC(=O)c1cc(C=NNS(=O)(=O)c2ccc(C)cc2)cn1C. The van der Waals surface area contributed by atoms with Crippen molar-refractivity contribution in [1.82, 2.24) is 9.40 Å². The van der Waals surface area contributed by atoms with Crippen LogP contribution in [0.5, 0.6) is 0 Å². The molecule has 8 heteroatoms. The molecule has 23 heavy (non-hydrogen) atoms. The summed E-state index contributed by atoms with van der Waals surface area (Å²) in [7, 11) is -0.747. The molecule has 7 nitrogen and oxygen atoms in total. The van der Waals surface area contributed by atoms with Crippen LogP contribution in [-0.2, 0) is 21.8 Å². The normalized spacial score (nSPS) is 11.6. The average molecular weight is 335 g/mol. The maximum Gasteiger partial charge on any atom is 0.354 e. The number of hydrazone groups is 1. The van der Waals surface area contributed by atoms with Crippen LogP contribution < -0.4 is 4.83 Å². The van der Waals surface area contributed by atoms with Crippen molar-refractivity contribution in [1.29, 1.82) is 0 Å². The van der Waals surface area contributed by atoms with Crippen LogP contribution in [0.4, 0.5) is 0 Å². The second-order valence-corrected chi connectivity index (χ2v) is 6.59. The molecule has 0 saturated carbocycles. The van der Waals surface area contributed by atoms with E-state index < -0.39 is 16.0 Å². The minimum absolute atomic E-state index is 0.128. The van der Waals surface area contributed by atoms with E-state index in [1.165, 1.54) is 25.5 Å². The molecule has 1 heterocycles. The van der Waals surface area contributed by atoms with E-state index in [1.807, 2.05) is 6.92 Å². The van der Waals surface area contributed by atoms with Gasteiger partial charge < -0.3 is 9.30 Å². The Kier molecular flexibility index (Phi) is 4.85. The fourth-order valence-corrected chi connectivity index (χ4v) is 2.70. The van der Waals surface area contributed by atoms with Crippen molar-refractivity contribution in [2.75, 3.05) is 7.11 Å². The van der Waals surface area contributed by atoms with Gasteiger partial charge in [-0.3, -0.25) is 0 Å². The number of methoxy groups -OCH3 is 1. The van der Waals surface area contributed by atoms with Crippen LogP contribution in [0.1, 0.15) is 21.6 Å². The number of hydrogen-bond acceptors (Lipinski definition) is 5. The van der Waals surface area contributed by atoms with Gasteiger partial charge >= 0.3 is 5.97 Å². The number of carbonyl (C=O) groups is 1. The van der Waals surface area contributed by atoms with Crippen LogP contribution in [0.2, 0.25) is 0 Å². The Labute approximate surface area is 134 Å². The highest BCUT2D eigenvalue weighted by Gasteiger charge is 2.13. The van der Waals surface area contributed by atoms with Gasteiger partial charge in [0.15, 0.2) is 0 Å². The first-order chi connectivity index (χ1) is 10.8. The first-order valence-corrected chi connectivity index (χ1v) is 8.18. The number of carbonyl (C=O) groups excluding carboxylic acids is 1. The zero-order valence-corrected chi connectivity index (χ0v) is 13.8. The minimum atomic E-state index is -3.72. The molecule has 1 aromatic heterocycles. The molecule has 2 rings (SSSR count). The molecule has 0 saturated heterocycles. The topological polar surface area (TPSA) is 89.8 Å². The lowest BCUT2D eigenvalue weighted by atomic mass is 10.2. The molecule has 122 valence electrons. The van der Waals surface area contributed by atoms with Crippen molar-refractivity contribution in [3.63, 3.8) is 0 Å². The number of aromatic nitrogens is 1. The van der Waals surface area contributed by atoms with Crippen LogP contribution in [0.25, 0.3) is 0 Å². The van der Waals surface area contributed by atoms with Crippen molar-refractivity contribution < 1.29 is 17.9 Å². The van der Waals surface area contributed by atoms with E-state index in [-0.39, 0.29) is 4.90 Å². The van der Waals surface area contributed by atoms with Crippen LogP contribution in [0.3, 0.4) is 0 Å². The fourth-order valence-electron chi connectivity index (χ4n) is 1.91. The summed E-state index contributed by atoms with van der Waals surface area (Å²) in [6.07, 6.45) is 2.95. The summed E-state index contributed by atoms with van der Waals surface area (Å²) >= 11 is 0. The predicted octanol–water partition coefficient (Wildman–Crippen LogP) is 1.43. The number of ether oxygens (including phenoxy) is 1. The van der Waals surface area contributed by atoms with Gasteiger partial charge in [0, 0.05) is 18.8 Å². The van der Waals surface area contributed by atoms with E-state index in [2.05, 4.69) is 14.7 Å². The summed E-state index contributed by atoms with van der Waals surface area (Å²) in [5, 5.41) is 3.72. The Balaban J connectivity index is 2.12. The summed E-state index contributed by atoms with van der Waals surface area (Å²) in [6.45, 7) is 1.87. The molecule has 0 atom stereocenters. The molecule has 0 bridgehead atoms. The van der Waals surface area contributed by atoms with E-state index in [1.54, 1.807) is 36.0 Å². The quantitative estimate of drug-likeness (QED) is 0.508. The molecule has 2 aromatic rings. The number of nitrogens with one attached hydrogen (secondary N) is 1. The highest BCUT2D eigenvalue weighted by Crippen LogP contribution is 2.10. The number of rotatable bonds is 5. The van der Waals surface area contributed by atoms with E-state index in [0.29, 0.717) is 11.3 Å². The number of sulfonamides is 1. The number of nitrogens with zero attached hydrogens (tertiary/aromatic N) is 2. The number of esters is 1. The molecule has 1 aromatic carbocycles. The largest absolute Gasteiger partial charge is 0.464 e. The van der Waals surface area contributed by atoms with Crippen molar-refractivity contribution >= 4 is 22.2 Å². The smallest absolute Gasteiger partial charge is 0.354 e. The molecule has 0 radical (unpaired) electrons. The van der Waals surface area contributed by atoms with Gasteiger partial charge in [0.1, 0.15) is 5.69 Å². The molecule has 0 aliphatic carbocycles. The summed E-state index contributed by atoms with van der Waals surface area (Å²) in [5.41, 5.74) is 1.88.